The van der Waals surface area contributed by atoms with E-state index in [9.17, 15) is 0 Å². The van der Waals surface area contributed by atoms with E-state index >= 15 is 0 Å². The molecule has 0 spiro atoms. The molecule has 92 valence electrons. The first-order valence-electron chi connectivity index (χ1n) is 6.36. The largest absolute Gasteiger partial charge is 0.376 e. The van der Waals surface area contributed by atoms with E-state index in [-0.39, 0.29) is 12.4 Å². The molecule has 0 amide bonds. The summed E-state index contributed by atoms with van der Waals surface area (Å²) in [4.78, 5) is 0. The van der Waals surface area contributed by atoms with Gasteiger partial charge < -0.3 is 14.2 Å². The van der Waals surface area contributed by atoms with Crippen LogP contribution in [-0.2, 0) is 20.6 Å². The molecule has 0 radical (unpaired) electrons. The lowest BCUT2D eigenvalue weighted by Crippen LogP contribution is -2.23. The number of hydrogen-bond donors (Lipinski definition) is 0. The van der Waals surface area contributed by atoms with E-state index in [0.717, 1.165) is 32.5 Å². The van der Waals surface area contributed by atoms with Gasteiger partial charge in [-0.2, -0.15) is 0 Å². The van der Waals surface area contributed by atoms with Crippen molar-refractivity contribution in [2.75, 3.05) is 19.8 Å². The molecule has 17 heavy (non-hydrogen) atoms. The summed E-state index contributed by atoms with van der Waals surface area (Å²) >= 11 is 0. The molecule has 0 N–H and O–H groups in total. The van der Waals surface area contributed by atoms with E-state index in [4.69, 9.17) is 14.2 Å². The van der Waals surface area contributed by atoms with Crippen LogP contribution in [-0.4, -0.2) is 25.9 Å². The van der Waals surface area contributed by atoms with Crippen LogP contribution >= 0.6 is 0 Å². The smallest absolute Gasteiger partial charge is 0.184 e. The number of fused-ring (bicyclic) bond motifs is 1. The van der Waals surface area contributed by atoms with Crippen LogP contribution in [0.15, 0.2) is 24.3 Å². The normalized spacial score (nSPS) is 28.0. The maximum atomic E-state index is 5.85. The lowest BCUT2D eigenvalue weighted by molar-refractivity contribution is -0.168. The van der Waals surface area contributed by atoms with Gasteiger partial charge in [-0.3, -0.25) is 0 Å². The van der Waals surface area contributed by atoms with Crippen LogP contribution in [0.1, 0.15) is 30.3 Å². The molecule has 1 aromatic carbocycles. The van der Waals surface area contributed by atoms with Gasteiger partial charge in [0.2, 0.25) is 0 Å². The van der Waals surface area contributed by atoms with Crippen LogP contribution in [0.2, 0.25) is 0 Å². The summed E-state index contributed by atoms with van der Waals surface area (Å²) in [5.41, 5.74) is 2.52. The zero-order valence-electron chi connectivity index (χ0n) is 9.93. The van der Waals surface area contributed by atoms with Crippen LogP contribution in [0.25, 0.3) is 0 Å². The summed E-state index contributed by atoms with van der Waals surface area (Å²) in [6.45, 7) is 2.25. The van der Waals surface area contributed by atoms with Gasteiger partial charge in [0.15, 0.2) is 6.29 Å². The average Bonchev–Trinajstić information content (AvgIpc) is 2.89. The van der Waals surface area contributed by atoms with Crippen molar-refractivity contribution in [2.45, 2.75) is 31.7 Å². The van der Waals surface area contributed by atoms with E-state index in [1.807, 2.05) is 6.07 Å². The highest BCUT2D eigenvalue weighted by atomic mass is 16.7. The predicted molar refractivity (Wildman–Crippen MR) is 63.8 cm³/mol. The molecule has 2 atom stereocenters. The fraction of sp³-hybridized carbons (Fsp3) is 0.571. The number of hydrogen-bond acceptors (Lipinski definition) is 3. The fourth-order valence-corrected chi connectivity index (χ4v) is 2.47. The molecule has 3 heteroatoms. The average molecular weight is 234 g/mol. The Labute approximate surface area is 102 Å². The summed E-state index contributed by atoms with van der Waals surface area (Å²) in [7, 11) is 0. The third-order valence-corrected chi connectivity index (χ3v) is 3.41. The van der Waals surface area contributed by atoms with E-state index in [1.165, 1.54) is 11.1 Å². The fourth-order valence-electron chi connectivity index (χ4n) is 2.47. The van der Waals surface area contributed by atoms with E-state index < -0.39 is 0 Å². The molecular formula is C14H18O3. The molecule has 3 rings (SSSR count). The Morgan fingerprint density at radius 3 is 3.00 bits per heavy atom. The van der Waals surface area contributed by atoms with Gasteiger partial charge in [0.05, 0.1) is 19.3 Å². The Morgan fingerprint density at radius 2 is 2.12 bits per heavy atom. The third kappa shape index (κ3) is 2.51. The summed E-state index contributed by atoms with van der Waals surface area (Å²) in [6.07, 6.45) is 3.29. The Balaban J connectivity index is 1.64. The van der Waals surface area contributed by atoms with Crippen molar-refractivity contribution in [3.05, 3.63) is 35.4 Å². The molecule has 1 aromatic rings. The lowest BCUT2D eigenvalue weighted by Gasteiger charge is -2.26. The second kappa shape index (κ2) is 5.17. The van der Waals surface area contributed by atoms with Gasteiger partial charge in [-0.05, 0) is 24.8 Å². The Morgan fingerprint density at radius 1 is 1.18 bits per heavy atom. The SMILES string of the molecule is c1ccc2c(c1)CCOC2OC[C@@H]1CCCO1. The number of benzene rings is 1. The zero-order valence-corrected chi connectivity index (χ0v) is 9.93. The molecule has 2 aliphatic heterocycles. The molecule has 3 nitrogen and oxygen atoms in total. The van der Waals surface area contributed by atoms with Crippen LogP contribution in [0.4, 0.5) is 0 Å². The molecule has 2 aliphatic rings. The molecule has 0 aliphatic carbocycles. The van der Waals surface area contributed by atoms with Gasteiger partial charge in [-0.1, -0.05) is 24.3 Å². The van der Waals surface area contributed by atoms with Crippen LogP contribution < -0.4 is 0 Å². The van der Waals surface area contributed by atoms with Crippen molar-refractivity contribution in [2.24, 2.45) is 0 Å². The standard InChI is InChI=1S/C14H18O3/c1-2-6-13-11(4-1)7-9-16-14(13)17-10-12-5-3-8-15-12/h1-2,4,6,12,14H,3,5,7-10H2/t12-,14?/m0/s1. The van der Waals surface area contributed by atoms with Gasteiger partial charge in [-0.25, -0.2) is 0 Å². The minimum atomic E-state index is -0.204. The zero-order chi connectivity index (χ0) is 11.5. The van der Waals surface area contributed by atoms with Crippen LogP contribution in [0, 0.1) is 0 Å². The monoisotopic (exact) mass is 234 g/mol. The van der Waals surface area contributed by atoms with Crippen molar-refractivity contribution < 1.29 is 14.2 Å². The number of ether oxygens (including phenoxy) is 3. The van der Waals surface area contributed by atoms with E-state index in [2.05, 4.69) is 18.2 Å². The maximum Gasteiger partial charge on any atom is 0.184 e. The summed E-state index contributed by atoms with van der Waals surface area (Å²) in [6, 6.07) is 8.35. The van der Waals surface area contributed by atoms with Gasteiger partial charge in [0.1, 0.15) is 0 Å². The number of rotatable bonds is 3. The summed E-state index contributed by atoms with van der Waals surface area (Å²) in [5, 5.41) is 0. The Hall–Kier alpha value is -0.900. The van der Waals surface area contributed by atoms with Gasteiger partial charge in [0.25, 0.3) is 0 Å². The summed E-state index contributed by atoms with van der Waals surface area (Å²) in [5.74, 6) is 0. The van der Waals surface area contributed by atoms with Crippen LogP contribution in [0.3, 0.4) is 0 Å². The molecule has 0 bridgehead atoms. The molecule has 0 aromatic heterocycles. The van der Waals surface area contributed by atoms with Crippen molar-refractivity contribution in [3.8, 4) is 0 Å². The maximum absolute atomic E-state index is 5.85. The topological polar surface area (TPSA) is 27.7 Å². The first-order valence-corrected chi connectivity index (χ1v) is 6.36. The second-order valence-electron chi connectivity index (χ2n) is 4.62. The van der Waals surface area contributed by atoms with Crippen molar-refractivity contribution in [1.82, 2.24) is 0 Å². The Bertz CT molecular complexity index is 371. The minimum absolute atomic E-state index is 0.204. The first-order chi connectivity index (χ1) is 8.43. The van der Waals surface area contributed by atoms with Crippen molar-refractivity contribution in [1.29, 1.82) is 0 Å². The van der Waals surface area contributed by atoms with Gasteiger partial charge in [-0.15, -0.1) is 0 Å². The van der Waals surface area contributed by atoms with E-state index in [0.29, 0.717) is 6.61 Å². The van der Waals surface area contributed by atoms with Crippen molar-refractivity contribution >= 4 is 0 Å². The predicted octanol–water partition coefficient (Wildman–Crippen LogP) is 2.45. The third-order valence-electron chi connectivity index (χ3n) is 3.41. The molecule has 1 fully saturated rings. The van der Waals surface area contributed by atoms with Gasteiger partial charge in [0, 0.05) is 12.2 Å². The first kappa shape index (κ1) is 11.2. The summed E-state index contributed by atoms with van der Waals surface area (Å²) < 4.78 is 17.1. The molecule has 1 saturated heterocycles. The Kier molecular flexibility index (Phi) is 3.41. The highest BCUT2D eigenvalue weighted by Crippen LogP contribution is 2.28. The second-order valence-corrected chi connectivity index (χ2v) is 4.62. The molecule has 2 heterocycles. The quantitative estimate of drug-likeness (QED) is 0.804. The van der Waals surface area contributed by atoms with E-state index in [1.54, 1.807) is 0 Å². The van der Waals surface area contributed by atoms with Gasteiger partial charge >= 0.3 is 0 Å². The highest BCUT2D eigenvalue weighted by Gasteiger charge is 2.23. The molecular weight excluding hydrogens is 216 g/mol. The lowest BCUT2D eigenvalue weighted by atomic mass is 10.0. The van der Waals surface area contributed by atoms with Crippen molar-refractivity contribution in [3.63, 3.8) is 0 Å². The molecule has 0 saturated carbocycles. The highest BCUT2D eigenvalue weighted by molar-refractivity contribution is 5.29. The molecule has 1 unspecified atom stereocenters. The minimum Gasteiger partial charge on any atom is -0.376 e. The van der Waals surface area contributed by atoms with Crippen LogP contribution in [0.5, 0.6) is 0 Å².